The van der Waals surface area contributed by atoms with Crippen LogP contribution in [0.15, 0.2) is 82.0 Å². The molecule has 0 saturated carbocycles. The van der Waals surface area contributed by atoms with Crippen molar-refractivity contribution < 1.29 is 23.5 Å². The summed E-state index contributed by atoms with van der Waals surface area (Å²) in [5.74, 6) is 0.296. The molecule has 182 valence electrons. The molecule has 7 nitrogen and oxygen atoms in total. The van der Waals surface area contributed by atoms with Crippen LogP contribution in [0.1, 0.15) is 30.7 Å². The molecule has 2 heterocycles. The number of nitriles is 1. The van der Waals surface area contributed by atoms with Crippen molar-refractivity contribution in [2.24, 2.45) is 0 Å². The largest absolute Gasteiger partial charge is 0.490 e. The number of rotatable bonds is 8. The molecular weight excluding hydrogens is 480 g/mol. The van der Waals surface area contributed by atoms with Gasteiger partial charge in [-0.25, -0.2) is 0 Å². The summed E-state index contributed by atoms with van der Waals surface area (Å²) in [6.45, 7) is 4.05. The van der Waals surface area contributed by atoms with E-state index in [1.165, 1.54) is 6.26 Å². The minimum Gasteiger partial charge on any atom is -0.490 e. The van der Waals surface area contributed by atoms with Crippen LogP contribution in [0.2, 0.25) is 5.02 Å². The van der Waals surface area contributed by atoms with Gasteiger partial charge < -0.3 is 13.9 Å². The summed E-state index contributed by atoms with van der Waals surface area (Å²) in [6.07, 6.45) is 3.10. The maximum Gasteiger partial charge on any atom is 0.272 e. The average Bonchev–Trinajstić information content (AvgIpc) is 3.39. The third-order valence-corrected chi connectivity index (χ3v) is 6.01. The summed E-state index contributed by atoms with van der Waals surface area (Å²) in [5.41, 5.74) is 1.96. The monoisotopic (exact) mass is 502 g/mol. The topological polar surface area (TPSA) is 92.8 Å². The van der Waals surface area contributed by atoms with Gasteiger partial charge in [-0.1, -0.05) is 35.9 Å². The Labute approximate surface area is 213 Å². The van der Waals surface area contributed by atoms with Gasteiger partial charge in [0.25, 0.3) is 11.8 Å². The number of imide groups is 1. The van der Waals surface area contributed by atoms with Gasteiger partial charge in [0.15, 0.2) is 11.5 Å². The SMILES string of the molecule is CCOc1cc(/C=C2/C(=O)N(Cc3ccco3)C(=O)C(C#N)=C2C)ccc1OCc1ccccc1Cl. The smallest absolute Gasteiger partial charge is 0.272 e. The standard InChI is InChI=1S/C28H23ClN2O5/c1-3-34-26-14-19(10-11-25(26)36-17-20-7-4-5-9-24(20)29)13-22-18(2)23(15-30)28(33)31(27(22)32)16-21-8-6-12-35-21/h4-14H,3,16-17H2,1-2H3/b22-13+. The Kier molecular flexibility index (Phi) is 7.57. The molecule has 2 amide bonds. The molecule has 1 aliphatic heterocycles. The first kappa shape index (κ1) is 24.8. The number of hydrogen-bond acceptors (Lipinski definition) is 6. The molecule has 0 radical (unpaired) electrons. The highest BCUT2D eigenvalue weighted by molar-refractivity contribution is 6.31. The Morgan fingerprint density at radius 1 is 1.06 bits per heavy atom. The van der Waals surface area contributed by atoms with Crippen molar-refractivity contribution in [3.8, 4) is 17.6 Å². The van der Waals surface area contributed by atoms with Crippen molar-refractivity contribution in [3.63, 3.8) is 0 Å². The Bertz CT molecular complexity index is 1400. The fraction of sp³-hybridized carbons (Fsp3) is 0.179. The van der Waals surface area contributed by atoms with Crippen LogP contribution in [0.3, 0.4) is 0 Å². The number of carbonyl (C=O) groups excluding carboxylic acids is 2. The zero-order valence-electron chi connectivity index (χ0n) is 19.8. The van der Waals surface area contributed by atoms with Crippen molar-refractivity contribution in [3.05, 3.63) is 99.5 Å². The molecule has 0 unspecified atom stereocenters. The molecule has 0 fully saturated rings. The van der Waals surface area contributed by atoms with Crippen molar-refractivity contribution in [2.75, 3.05) is 6.61 Å². The lowest BCUT2D eigenvalue weighted by Crippen LogP contribution is -2.42. The molecule has 8 heteroatoms. The van der Waals surface area contributed by atoms with Crippen LogP contribution >= 0.6 is 11.6 Å². The van der Waals surface area contributed by atoms with Gasteiger partial charge in [-0.3, -0.25) is 14.5 Å². The predicted octanol–water partition coefficient (Wildman–Crippen LogP) is 5.70. The van der Waals surface area contributed by atoms with E-state index in [1.54, 1.807) is 49.4 Å². The van der Waals surface area contributed by atoms with Crippen LogP contribution in [0.25, 0.3) is 6.08 Å². The highest BCUT2D eigenvalue weighted by Gasteiger charge is 2.36. The number of amides is 2. The van der Waals surface area contributed by atoms with E-state index in [2.05, 4.69) is 0 Å². The third-order valence-electron chi connectivity index (χ3n) is 5.64. The van der Waals surface area contributed by atoms with Crippen LogP contribution in [0, 0.1) is 11.3 Å². The summed E-state index contributed by atoms with van der Waals surface area (Å²) in [6, 6.07) is 18.0. The minimum atomic E-state index is -0.646. The van der Waals surface area contributed by atoms with E-state index in [0.717, 1.165) is 10.5 Å². The second-order valence-corrected chi connectivity index (χ2v) is 8.37. The molecule has 0 spiro atoms. The van der Waals surface area contributed by atoms with Gasteiger partial charge in [-0.05, 0) is 61.4 Å². The van der Waals surface area contributed by atoms with Crippen molar-refractivity contribution >= 4 is 29.5 Å². The number of halogens is 1. The van der Waals surface area contributed by atoms with Crippen molar-refractivity contribution in [1.29, 1.82) is 5.26 Å². The number of ether oxygens (including phenoxy) is 2. The summed E-state index contributed by atoms with van der Waals surface area (Å²) >= 11 is 6.23. The number of carbonyl (C=O) groups is 2. The summed E-state index contributed by atoms with van der Waals surface area (Å²) < 4.78 is 17.0. The maximum absolute atomic E-state index is 13.3. The summed E-state index contributed by atoms with van der Waals surface area (Å²) in [4.78, 5) is 27.1. The zero-order valence-corrected chi connectivity index (χ0v) is 20.5. The van der Waals surface area contributed by atoms with E-state index in [9.17, 15) is 14.9 Å². The number of hydrogen-bond donors (Lipinski definition) is 0. The Morgan fingerprint density at radius 3 is 2.56 bits per heavy atom. The molecule has 3 aromatic rings. The van der Waals surface area contributed by atoms with E-state index >= 15 is 0 Å². The average molecular weight is 503 g/mol. The summed E-state index contributed by atoms with van der Waals surface area (Å²) in [7, 11) is 0. The lowest BCUT2D eigenvalue weighted by Gasteiger charge is -2.26. The molecule has 36 heavy (non-hydrogen) atoms. The second-order valence-electron chi connectivity index (χ2n) is 7.96. The van der Waals surface area contributed by atoms with Crippen LogP contribution in [0.4, 0.5) is 0 Å². The molecular formula is C28H23ClN2O5. The minimum absolute atomic E-state index is 0.0700. The molecule has 0 saturated heterocycles. The molecule has 0 N–H and O–H groups in total. The van der Waals surface area contributed by atoms with Crippen molar-refractivity contribution in [1.82, 2.24) is 4.90 Å². The van der Waals surface area contributed by atoms with Gasteiger partial charge in [0.1, 0.15) is 24.0 Å². The van der Waals surface area contributed by atoms with Gasteiger partial charge in [-0.2, -0.15) is 5.26 Å². The van der Waals surface area contributed by atoms with Crippen LogP contribution < -0.4 is 9.47 Å². The molecule has 1 aliphatic rings. The number of nitrogens with zero attached hydrogens (tertiary/aromatic N) is 2. The molecule has 0 aliphatic carbocycles. The van der Waals surface area contributed by atoms with E-state index in [0.29, 0.717) is 40.0 Å². The number of furan rings is 1. The lowest BCUT2D eigenvalue weighted by molar-refractivity contribution is -0.141. The Balaban J connectivity index is 1.66. The van der Waals surface area contributed by atoms with Crippen LogP contribution in [-0.2, 0) is 22.7 Å². The molecule has 0 bridgehead atoms. The van der Waals surface area contributed by atoms with Crippen molar-refractivity contribution in [2.45, 2.75) is 27.0 Å². The zero-order chi connectivity index (χ0) is 25.7. The highest BCUT2D eigenvalue weighted by Crippen LogP contribution is 2.33. The third kappa shape index (κ3) is 5.19. The maximum atomic E-state index is 13.3. The molecule has 4 rings (SSSR count). The quantitative estimate of drug-likeness (QED) is 0.289. The highest BCUT2D eigenvalue weighted by atomic mass is 35.5. The van der Waals surface area contributed by atoms with E-state index in [4.69, 9.17) is 25.5 Å². The fourth-order valence-corrected chi connectivity index (χ4v) is 3.96. The first-order valence-electron chi connectivity index (χ1n) is 11.3. The first-order chi connectivity index (χ1) is 17.4. The second kappa shape index (κ2) is 11.0. The summed E-state index contributed by atoms with van der Waals surface area (Å²) in [5, 5.41) is 10.2. The molecule has 1 aromatic heterocycles. The lowest BCUT2D eigenvalue weighted by atomic mass is 9.93. The van der Waals surface area contributed by atoms with Crippen LogP contribution in [0.5, 0.6) is 11.5 Å². The molecule has 2 aromatic carbocycles. The molecule has 0 atom stereocenters. The van der Waals surface area contributed by atoms with Gasteiger partial charge in [0.05, 0.1) is 19.4 Å². The number of benzene rings is 2. The van der Waals surface area contributed by atoms with Crippen LogP contribution in [-0.4, -0.2) is 23.3 Å². The van der Waals surface area contributed by atoms with Gasteiger partial charge in [-0.15, -0.1) is 0 Å². The normalized spacial score (nSPS) is 14.8. The van der Waals surface area contributed by atoms with E-state index in [1.807, 2.05) is 31.2 Å². The first-order valence-corrected chi connectivity index (χ1v) is 11.6. The fourth-order valence-electron chi connectivity index (χ4n) is 3.77. The van der Waals surface area contributed by atoms with Gasteiger partial charge >= 0.3 is 0 Å². The van der Waals surface area contributed by atoms with Gasteiger partial charge in [0, 0.05) is 16.2 Å². The van der Waals surface area contributed by atoms with Gasteiger partial charge in [0.2, 0.25) is 0 Å². The Morgan fingerprint density at radius 2 is 1.86 bits per heavy atom. The van der Waals surface area contributed by atoms with E-state index in [-0.39, 0.29) is 24.3 Å². The Hall–Kier alpha value is -4.28. The predicted molar refractivity (Wildman–Crippen MR) is 134 cm³/mol. The van der Waals surface area contributed by atoms with E-state index < -0.39 is 11.8 Å².